The van der Waals surface area contributed by atoms with E-state index in [2.05, 4.69) is 45.7 Å². The van der Waals surface area contributed by atoms with Crippen molar-refractivity contribution >= 4 is 29.0 Å². The van der Waals surface area contributed by atoms with Gasteiger partial charge in [0.15, 0.2) is 4.77 Å². The third-order valence-corrected chi connectivity index (χ3v) is 6.36. The summed E-state index contributed by atoms with van der Waals surface area (Å²) in [7, 11) is 1.62. The van der Waals surface area contributed by atoms with Crippen LogP contribution < -0.4 is 10.9 Å². The van der Waals surface area contributed by atoms with Crippen LogP contribution in [0, 0.1) is 4.77 Å². The van der Waals surface area contributed by atoms with Crippen LogP contribution >= 0.6 is 12.2 Å². The normalized spacial score (nSPS) is 11.0. The van der Waals surface area contributed by atoms with Gasteiger partial charge >= 0.3 is 0 Å². The summed E-state index contributed by atoms with van der Waals surface area (Å²) >= 11 is 5.19. The second-order valence-electron chi connectivity index (χ2n) is 8.30. The van der Waals surface area contributed by atoms with E-state index in [1.165, 1.54) is 4.57 Å². The van der Waals surface area contributed by atoms with Gasteiger partial charge in [0.2, 0.25) is 0 Å². The van der Waals surface area contributed by atoms with Gasteiger partial charge < -0.3 is 10.3 Å². The quantitative estimate of drug-likeness (QED) is 0.351. The highest BCUT2D eigenvalue weighted by atomic mass is 32.1. The van der Waals surface area contributed by atoms with Crippen molar-refractivity contribution in [3.8, 4) is 11.1 Å². The van der Waals surface area contributed by atoms with E-state index < -0.39 is 0 Å². The van der Waals surface area contributed by atoms with Crippen LogP contribution in [0.2, 0.25) is 0 Å². The van der Waals surface area contributed by atoms with E-state index in [4.69, 9.17) is 12.2 Å². The molecule has 0 fully saturated rings. The maximum absolute atomic E-state index is 12.9. The molecule has 2 heterocycles. The first-order valence-corrected chi connectivity index (χ1v) is 11.6. The highest BCUT2D eigenvalue weighted by Crippen LogP contribution is 2.24. The molecule has 0 bridgehead atoms. The summed E-state index contributed by atoms with van der Waals surface area (Å²) in [5.41, 5.74) is 5.11. The number of benzene rings is 3. The van der Waals surface area contributed by atoms with Crippen LogP contribution in [-0.2, 0) is 20.1 Å². The molecule has 174 valence electrons. The third-order valence-electron chi connectivity index (χ3n) is 5.99. The van der Waals surface area contributed by atoms with E-state index in [1.54, 1.807) is 31.4 Å². The Balaban J connectivity index is 1.33. The summed E-state index contributed by atoms with van der Waals surface area (Å²) in [5.74, 6) is -0.226. The van der Waals surface area contributed by atoms with Crippen LogP contribution in [0.25, 0.3) is 22.0 Å². The smallest absolute Gasteiger partial charge is 0.261 e. The van der Waals surface area contributed by atoms with Crippen LogP contribution in [0.5, 0.6) is 0 Å². The molecule has 0 saturated carbocycles. The van der Waals surface area contributed by atoms with Crippen molar-refractivity contribution in [1.29, 1.82) is 0 Å². The second kappa shape index (κ2) is 9.52. The number of nitrogens with one attached hydrogen (secondary N) is 2. The van der Waals surface area contributed by atoms with Gasteiger partial charge in [0.25, 0.3) is 11.5 Å². The fourth-order valence-electron chi connectivity index (χ4n) is 4.05. The molecule has 3 aromatic carbocycles. The molecule has 5 rings (SSSR count). The van der Waals surface area contributed by atoms with Crippen LogP contribution in [0.3, 0.4) is 0 Å². The molecule has 5 aromatic rings. The van der Waals surface area contributed by atoms with E-state index in [-0.39, 0.29) is 11.5 Å². The average Bonchev–Trinajstić information content (AvgIpc) is 3.39. The van der Waals surface area contributed by atoms with Crippen molar-refractivity contribution < 1.29 is 4.79 Å². The molecule has 35 heavy (non-hydrogen) atoms. The predicted molar refractivity (Wildman–Crippen MR) is 139 cm³/mol. The number of carbonyl (C=O) groups excluding carboxylic acids is 1. The van der Waals surface area contributed by atoms with Gasteiger partial charge in [0.05, 0.1) is 17.4 Å². The number of aromatic nitrogens is 4. The van der Waals surface area contributed by atoms with Crippen LogP contribution in [0.4, 0.5) is 0 Å². The zero-order valence-electron chi connectivity index (χ0n) is 19.1. The Bertz CT molecular complexity index is 1630. The lowest BCUT2D eigenvalue weighted by Crippen LogP contribution is -2.24. The number of aromatic amines is 1. The molecule has 2 aromatic heterocycles. The van der Waals surface area contributed by atoms with Gasteiger partial charge in [0.1, 0.15) is 0 Å². The molecule has 7 nitrogen and oxygen atoms in total. The maximum atomic E-state index is 12.9. The lowest BCUT2D eigenvalue weighted by molar-refractivity contribution is 0.0951. The van der Waals surface area contributed by atoms with Gasteiger partial charge in [-0.05, 0) is 58.7 Å². The molecule has 0 unspecified atom stereocenters. The molecule has 1 amide bonds. The molecular formula is C27H23N5O2S. The van der Waals surface area contributed by atoms with Crippen LogP contribution in [0.15, 0.2) is 90.0 Å². The minimum atomic E-state index is -0.226. The molecule has 8 heteroatoms. The lowest BCUT2D eigenvalue weighted by atomic mass is 9.98. The van der Waals surface area contributed by atoms with Gasteiger partial charge in [-0.25, -0.2) is 0 Å². The largest absolute Gasteiger partial charge is 0.348 e. The standard InChI is InChI=1S/C27H23N5O2S/c1-31-26(34)23-12-11-20(15-24(23)30-27(31)35)25(33)28-16-21-5-2-3-6-22(21)19-9-7-18(8-10-19)17-32-14-4-13-29-32/h2-15H,16-17H2,1H3,(H,28,33)(H,30,35). The molecular weight excluding hydrogens is 458 g/mol. The highest BCUT2D eigenvalue weighted by Gasteiger charge is 2.11. The van der Waals surface area contributed by atoms with Gasteiger partial charge in [-0.15, -0.1) is 0 Å². The Hall–Kier alpha value is -4.30. The number of amides is 1. The summed E-state index contributed by atoms with van der Waals surface area (Å²) < 4.78 is 3.57. The Morgan fingerprint density at radius 2 is 1.86 bits per heavy atom. The fraction of sp³-hybridized carbons (Fsp3) is 0.111. The van der Waals surface area contributed by atoms with Crippen molar-refractivity contribution in [3.05, 3.63) is 117 Å². The highest BCUT2D eigenvalue weighted by molar-refractivity contribution is 7.71. The van der Waals surface area contributed by atoms with Gasteiger partial charge in [-0.1, -0.05) is 48.5 Å². The molecule has 0 atom stereocenters. The maximum Gasteiger partial charge on any atom is 0.261 e. The predicted octanol–water partition coefficient (Wildman–Crippen LogP) is 4.44. The Labute approximate surface area is 206 Å². The first kappa shape index (κ1) is 22.5. The lowest BCUT2D eigenvalue weighted by Gasteiger charge is -2.12. The zero-order valence-corrected chi connectivity index (χ0v) is 19.9. The monoisotopic (exact) mass is 481 g/mol. The SMILES string of the molecule is Cn1c(=S)[nH]c2cc(C(=O)NCc3ccccc3-c3ccc(Cn4cccn4)cc3)ccc2c1=O. The number of hydrogen-bond acceptors (Lipinski definition) is 4. The second-order valence-corrected chi connectivity index (χ2v) is 8.68. The summed E-state index contributed by atoms with van der Waals surface area (Å²) in [6.07, 6.45) is 3.71. The van der Waals surface area contributed by atoms with Gasteiger partial charge in [0, 0.05) is 31.5 Å². The van der Waals surface area contributed by atoms with Crippen molar-refractivity contribution in [2.75, 3.05) is 0 Å². The number of rotatable bonds is 6. The Kier molecular flexibility index (Phi) is 6.12. The number of nitrogens with zero attached hydrogens (tertiary/aromatic N) is 3. The van der Waals surface area contributed by atoms with E-state index in [1.807, 2.05) is 35.1 Å². The fourth-order valence-corrected chi connectivity index (χ4v) is 4.24. The molecule has 0 spiro atoms. The molecule has 0 aliphatic rings. The molecule has 0 radical (unpaired) electrons. The average molecular weight is 482 g/mol. The number of hydrogen-bond donors (Lipinski definition) is 2. The minimum absolute atomic E-state index is 0.194. The first-order valence-electron chi connectivity index (χ1n) is 11.2. The van der Waals surface area contributed by atoms with Gasteiger partial charge in [-0.2, -0.15) is 5.10 Å². The Morgan fingerprint density at radius 3 is 2.63 bits per heavy atom. The molecule has 0 aliphatic heterocycles. The van der Waals surface area contributed by atoms with E-state index in [0.717, 1.165) is 22.3 Å². The molecule has 2 N–H and O–H groups in total. The van der Waals surface area contributed by atoms with Crippen molar-refractivity contribution in [1.82, 2.24) is 24.6 Å². The van der Waals surface area contributed by atoms with E-state index >= 15 is 0 Å². The minimum Gasteiger partial charge on any atom is -0.348 e. The third kappa shape index (κ3) is 4.69. The Morgan fingerprint density at radius 1 is 1.06 bits per heavy atom. The molecule has 0 aliphatic carbocycles. The molecule has 0 saturated heterocycles. The number of carbonyl (C=O) groups is 1. The van der Waals surface area contributed by atoms with Crippen molar-refractivity contribution in [3.63, 3.8) is 0 Å². The van der Waals surface area contributed by atoms with Crippen molar-refractivity contribution in [2.45, 2.75) is 13.1 Å². The van der Waals surface area contributed by atoms with E-state index in [0.29, 0.717) is 34.3 Å². The van der Waals surface area contributed by atoms with Crippen molar-refractivity contribution in [2.24, 2.45) is 7.05 Å². The number of H-pyrrole nitrogens is 1. The topological polar surface area (TPSA) is 84.7 Å². The summed E-state index contributed by atoms with van der Waals surface area (Å²) in [6.45, 7) is 1.09. The zero-order chi connectivity index (χ0) is 24.4. The van der Waals surface area contributed by atoms with Crippen LogP contribution in [0.1, 0.15) is 21.5 Å². The van der Waals surface area contributed by atoms with Crippen LogP contribution in [-0.4, -0.2) is 25.2 Å². The summed E-state index contributed by atoms with van der Waals surface area (Å²) in [4.78, 5) is 28.3. The number of fused-ring (bicyclic) bond motifs is 1. The first-order chi connectivity index (χ1) is 17.0. The van der Waals surface area contributed by atoms with E-state index in [9.17, 15) is 9.59 Å². The summed E-state index contributed by atoms with van der Waals surface area (Å²) in [6, 6.07) is 23.2. The summed E-state index contributed by atoms with van der Waals surface area (Å²) in [5, 5.41) is 7.74. The van der Waals surface area contributed by atoms with Gasteiger partial charge in [-0.3, -0.25) is 18.8 Å².